The van der Waals surface area contributed by atoms with E-state index >= 15 is 0 Å². The van der Waals surface area contributed by atoms with Crippen LogP contribution in [-0.4, -0.2) is 11.5 Å². The molecule has 0 bridgehead atoms. The quantitative estimate of drug-likeness (QED) is 0.903. The third-order valence-electron chi connectivity index (χ3n) is 3.00. The Morgan fingerprint density at radius 2 is 2.00 bits per heavy atom. The number of benzene rings is 1. The maximum Gasteiger partial charge on any atom is 0.142 e. The smallest absolute Gasteiger partial charge is 0.142 e. The maximum absolute atomic E-state index is 14.2. The lowest BCUT2D eigenvalue weighted by molar-refractivity contribution is 0.507. The molecule has 2 aromatic rings. The molecule has 2 rings (SSSR count). The van der Waals surface area contributed by atoms with Crippen LogP contribution in [0.4, 0.5) is 4.39 Å². The Morgan fingerprint density at radius 3 is 2.68 bits per heavy atom. The van der Waals surface area contributed by atoms with Gasteiger partial charge in [-0.25, -0.2) is 4.39 Å². The van der Waals surface area contributed by atoms with Crippen molar-refractivity contribution in [2.45, 2.75) is 19.4 Å². The van der Waals surface area contributed by atoms with E-state index in [4.69, 9.17) is 0 Å². The molecule has 4 heteroatoms. The molecule has 1 aromatic carbocycles. The third-order valence-corrected chi connectivity index (χ3v) is 3.61. The molecule has 0 saturated carbocycles. The molecule has 1 N–H and O–H groups in total. The molecule has 0 amide bonds. The zero-order valence-corrected chi connectivity index (χ0v) is 12.3. The zero-order chi connectivity index (χ0) is 13.7. The summed E-state index contributed by atoms with van der Waals surface area (Å²) in [5, 5.41) is 3.33. The summed E-state index contributed by atoms with van der Waals surface area (Å²) in [6, 6.07) is 9.29. The van der Waals surface area contributed by atoms with E-state index in [1.807, 2.05) is 31.2 Å². The molecule has 0 aliphatic carbocycles. The molecule has 1 aromatic heterocycles. The number of nitrogens with one attached hydrogen (secondary N) is 1. The van der Waals surface area contributed by atoms with Gasteiger partial charge in [0.15, 0.2) is 0 Å². The average Bonchev–Trinajstić information content (AvgIpc) is 2.43. The molecule has 1 unspecified atom stereocenters. The second-order valence-corrected chi connectivity index (χ2v) is 5.17. The van der Waals surface area contributed by atoms with E-state index in [2.05, 4.69) is 26.2 Å². The Bertz CT molecular complexity index is 531. The van der Waals surface area contributed by atoms with Crippen LogP contribution in [-0.2, 0) is 6.42 Å². The SMILES string of the molecule is CCNC(Cc1ccncc1)c1cccc(Br)c1F. The van der Waals surface area contributed by atoms with Gasteiger partial charge in [-0.15, -0.1) is 0 Å². The summed E-state index contributed by atoms with van der Waals surface area (Å²) < 4.78 is 14.7. The molecule has 1 heterocycles. The van der Waals surface area contributed by atoms with Crippen molar-refractivity contribution in [3.8, 4) is 0 Å². The number of rotatable bonds is 5. The highest BCUT2D eigenvalue weighted by Gasteiger charge is 2.16. The van der Waals surface area contributed by atoms with Gasteiger partial charge < -0.3 is 5.32 Å². The van der Waals surface area contributed by atoms with Crippen LogP contribution in [0.1, 0.15) is 24.1 Å². The predicted molar refractivity (Wildman–Crippen MR) is 78.5 cm³/mol. The lowest BCUT2D eigenvalue weighted by Crippen LogP contribution is -2.24. The number of likely N-dealkylation sites (N-methyl/N-ethyl adjacent to an activating group) is 1. The van der Waals surface area contributed by atoms with E-state index in [0.29, 0.717) is 10.0 Å². The standard InChI is InChI=1S/C15H16BrFN2/c1-2-19-14(10-11-6-8-18-9-7-11)12-4-3-5-13(16)15(12)17/h3-9,14,19H,2,10H2,1H3. The van der Waals surface area contributed by atoms with Gasteiger partial charge in [-0.3, -0.25) is 4.98 Å². The minimum atomic E-state index is -0.192. The predicted octanol–water partition coefficient (Wildman–Crippen LogP) is 3.88. The third kappa shape index (κ3) is 3.61. The van der Waals surface area contributed by atoms with Crippen LogP contribution in [0.15, 0.2) is 47.2 Å². The fraction of sp³-hybridized carbons (Fsp3) is 0.267. The van der Waals surface area contributed by atoms with E-state index in [-0.39, 0.29) is 11.9 Å². The molecular formula is C15H16BrFN2. The fourth-order valence-electron chi connectivity index (χ4n) is 2.08. The molecule has 0 aliphatic heterocycles. The van der Waals surface area contributed by atoms with E-state index < -0.39 is 0 Å². The zero-order valence-electron chi connectivity index (χ0n) is 10.7. The highest BCUT2D eigenvalue weighted by Crippen LogP contribution is 2.26. The van der Waals surface area contributed by atoms with Crippen LogP contribution in [0, 0.1) is 5.82 Å². The summed E-state index contributed by atoms with van der Waals surface area (Å²) >= 11 is 3.24. The van der Waals surface area contributed by atoms with Crippen LogP contribution in [0.3, 0.4) is 0 Å². The van der Waals surface area contributed by atoms with E-state index in [1.54, 1.807) is 18.5 Å². The summed E-state index contributed by atoms with van der Waals surface area (Å²) in [5.41, 5.74) is 1.83. The van der Waals surface area contributed by atoms with Crippen LogP contribution in [0.2, 0.25) is 0 Å². The van der Waals surface area contributed by atoms with Crippen molar-refractivity contribution in [3.63, 3.8) is 0 Å². The Kier molecular flexibility index (Phi) is 5.05. The van der Waals surface area contributed by atoms with Crippen molar-refractivity contribution < 1.29 is 4.39 Å². The first-order valence-electron chi connectivity index (χ1n) is 6.28. The summed E-state index contributed by atoms with van der Waals surface area (Å²) in [5.74, 6) is -0.192. The lowest BCUT2D eigenvalue weighted by Gasteiger charge is -2.19. The first-order chi connectivity index (χ1) is 9.22. The summed E-state index contributed by atoms with van der Waals surface area (Å²) in [4.78, 5) is 4.00. The molecule has 1 atom stereocenters. The lowest BCUT2D eigenvalue weighted by atomic mass is 9.99. The van der Waals surface area contributed by atoms with Crippen molar-refractivity contribution in [1.29, 1.82) is 0 Å². The van der Waals surface area contributed by atoms with Crippen molar-refractivity contribution in [2.75, 3.05) is 6.54 Å². The number of pyridine rings is 1. The summed E-state index contributed by atoms with van der Waals surface area (Å²) in [6.07, 6.45) is 4.26. The van der Waals surface area contributed by atoms with Gasteiger partial charge in [0, 0.05) is 24.0 Å². The Balaban J connectivity index is 2.27. The second kappa shape index (κ2) is 6.78. The largest absolute Gasteiger partial charge is 0.310 e. The van der Waals surface area contributed by atoms with E-state index in [0.717, 1.165) is 18.5 Å². The summed E-state index contributed by atoms with van der Waals surface area (Å²) in [6.45, 7) is 2.82. The number of halogens is 2. The fourth-order valence-corrected chi connectivity index (χ4v) is 2.46. The maximum atomic E-state index is 14.2. The molecule has 2 nitrogen and oxygen atoms in total. The van der Waals surface area contributed by atoms with Gasteiger partial charge in [0.25, 0.3) is 0 Å². The Labute approximate surface area is 121 Å². The Morgan fingerprint density at radius 1 is 1.26 bits per heavy atom. The molecule has 0 fully saturated rings. The van der Waals surface area contributed by atoms with Crippen LogP contribution >= 0.6 is 15.9 Å². The minimum Gasteiger partial charge on any atom is -0.310 e. The molecule has 19 heavy (non-hydrogen) atoms. The normalized spacial score (nSPS) is 12.4. The first-order valence-corrected chi connectivity index (χ1v) is 7.08. The first kappa shape index (κ1) is 14.2. The number of hydrogen-bond donors (Lipinski definition) is 1. The number of hydrogen-bond acceptors (Lipinski definition) is 2. The van der Waals surface area contributed by atoms with Crippen LogP contribution in [0.25, 0.3) is 0 Å². The molecule has 0 radical (unpaired) electrons. The molecule has 100 valence electrons. The van der Waals surface area contributed by atoms with Crippen LogP contribution < -0.4 is 5.32 Å². The molecular weight excluding hydrogens is 307 g/mol. The van der Waals surface area contributed by atoms with Gasteiger partial charge >= 0.3 is 0 Å². The van der Waals surface area contributed by atoms with Crippen LogP contribution in [0.5, 0.6) is 0 Å². The van der Waals surface area contributed by atoms with Gasteiger partial charge in [0.2, 0.25) is 0 Å². The second-order valence-electron chi connectivity index (χ2n) is 4.31. The number of nitrogens with zero attached hydrogens (tertiary/aromatic N) is 1. The summed E-state index contributed by atoms with van der Waals surface area (Å²) in [7, 11) is 0. The monoisotopic (exact) mass is 322 g/mol. The van der Waals surface area contributed by atoms with E-state index in [9.17, 15) is 4.39 Å². The molecule has 0 aliphatic rings. The van der Waals surface area contributed by atoms with Gasteiger partial charge in [-0.2, -0.15) is 0 Å². The van der Waals surface area contributed by atoms with Gasteiger partial charge in [0.1, 0.15) is 5.82 Å². The van der Waals surface area contributed by atoms with Gasteiger partial charge in [-0.1, -0.05) is 19.1 Å². The van der Waals surface area contributed by atoms with Crippen molar-refractivity contribution >= 4 is 15.9 Å². The van der Waals surface area contributed by atoms with Crippen molar-refractivity contribution in [1.82, 2.24) is 10.3 Å². The Hall–Kier alpha value is -1.26. The minimum absolute atomic E-state index is 0.0371. The number of aromatic nitrogens is 1. The molecule has 0 spiro atoms. The van der Waals surface area contributed by atoms with Crippen molar-refractivity contribution in [2.24, 2.45) is 0 Å². The van der Waals surface area contributed by atoms with Gasteiger partial charge in [0.05, 0.1) is 4.47 Å². The average molecular weight is 323 g/mol. The van der Waals surface area contributed by atoms with Gasteiger partial charge in [-0.05, 0) is 52.7 Å². The van der Waals surface area contributed by atoms with E-state index in [1.165, 1.54) is 0 Å². The highest BCUT2D eigenvalue weighted by atomic mass is 79.9. The van der Waals surface area contributed by atoms with Crippen molar-refractivity contribution in [3.05, 3.63) is 64.1 Å². The molecule has 0 saturated heterocycles. The highest BCUT2D eigenvalue weighted by molar-refractivity contribution is 9.10. The topological polar surface area (TPSA) is 24.9 Å².